The Hall–Kier alpha value is -1.46. The number of nitrogens with zero attached hydrogens (tertiary/aromatic N) is 1. The Balaban J connectivity index is 1.56. The molecule has 2 rings (SSSR count). The summed E-state index contributed by atoms with van der Waals surface area (Å²) in [6.45, 7) is 1.13. The standard InChI is InChI=1S/C15H23N3O2/c16-13-3-5-14(6-4-13)20-9-8-18-15(19)10-12-2-1-7-17-11-12/h1-2,7,11,13-14H,3-6,8-10,16H2,(H,18,19). The summed E-state index contributed by atoms with van der Waals surface area (Å²) in [5.41, 5.74) is 6.77. The number of carbonyl (C=O) groups excluding carboxylic acids is 1. The van der Waals surface area contributed by atoms with Crippen molar-refractivity contribution < 1.29 is 9.53 Å². The maximum absolute atomic E-state index is 11.7. The van der Waals surface area contributed by atoms with E-state index in [4.69, 9.17) is 10.5 Å². The molecule has 0 aliphatic heterocycles. The second-order valence-corrected chi connectivity index (χ2v) is 5.30. The highest BCUT2D eigenvalue weighted by molar-refractivity contribution is 5.78. The third-order valence-corrected chi connectivity index (χ3v) is 3.58. The zero-order valence-corrected chi connectivity index (χ0v) is 11.8. The molecule has 1 aromatic heterocycles. The lowest BCUT2D eigenvalue weighted by Crippen LogP contribution is -2.33. The first kappa shape index (κ1) is 14.9. The number of nitrogens with two attached hydrogens (primary N) is 1. The molecule has 3 N–H and O–H groups in total. The van der Waals surface area contributed by atoms with Crippen LogP contribution in [0.1, 0.15) is 31.2 Å². The van der Waals surface area contributed by atoms with Crippen molar-refractivity contribution in [2.24, 2.45) is 5.73 Å². The van der Waals surface area contributed by atoms with Crippen LogP contribution in [0.5, 0.6) is 0 Å². The minimum absolute atomic E-state index is 0.00673. The summed E-state index contributed by atoms with van der Waals surface area (Å²) in [7, 11) is 0. The minimum atomic E-state index is 0.00673. The molecule has 5 nitrogen and oxygen atoms in total. The Kier molecular flexibility index (Phi) is 5.95. The summed E-state index contributed by atoms with van der Waals surface area (Å²) >= 11 is 0. The monoisotopic (exact) mass is 277 g/mol. The lowest BCUT2D eigenvalue weighted by atomic mass is 9.94. The third kappa shape index (κ3) is 5.27. The van der Waals surface area contributed by atoms with Gasteiger partial charge in [-0.05, 0) is 37.3 Å². The van der Waals surface area contributed by atoms with Crippen molar-refractivity contribution in [3.05, 3.63) is 30.1 Å². The van der Waals surface area contributed by atoms with Crippen molar-refractivity contribution in [2.45, 2.75) is 44.2 Å². The van der Waals surface area contributed by atoms with E-state index in [0.717, 1.165) is 31.2 Å². The summed E-state index contributed by atoms with van der Waals surface area (Å²) in [6, 6.07) is 4.07. The summed E-state index contributed by atoms with van der Waals surface area (Å²) < 4.78 is 5.75. The van der Waals surface area contributed by atoms with E-state index in [9.17, 15) is 4.79 Å². The Morgan fingerprint density at radius 1 is 1.40 bits per heavy atom. The Bertz CT molecular complexity index is 403. The maximum atomic E-state index is 11.7. The molecule has 0 atom stereocenters. The fraction of sp³-hybridized carbons (Fsp3) is 0.600. The average Bonchev–Trinajstić information content (AvgIpc) is 2.46. The van der Waals surface area contributed by atoms with Gasteiger partial charge in [-0.1, -0.05) is 6.07 Å². The number of aromatic nitrogens is 1. The first-order valence-electron chi connectivity index (χ1n) is 7.27. The average molecular weight is 277 g/mol. The van der Waals surface area contributed by atoms with E-state index in [0.29, 0.717) is 31.7 Å². The molecule has 1 heterocycles. The van der Waals surface area contributed by atoms with Crippen LogP contribution < -0.4 is 11.1 Å². The predicted octanol–water partition coefficient (Wildman–Crippen LogP) is 1.03. The van der Waals surface area contributed by atoms with Crippen LogP contribution in [0, 0.1) is 0 Å². The summed E-state index contributed by atoms with van der Waals surface area (Å²) in [4.78, 5) is 15.7. The van der Waals surface area contributed by atoms with E-state index in [1.807, 2.05) is 12.1 Å². The van der Waals surface area contributed by atoms with Crippen molar-refractivity contribution in [1.29, 1.82) is 0 Å². The molecule has 1 aliphatic rings. The number of amides is 1. The van der Waals surface area contributed by atoms with Crippen molar-refractivity contribution in [3.63, 3.8) is 0 Å². The van der Waals surface area contributed by atoms with E-state index in [1.165, 1.54) is 0 Å². The van der Waals surface area contributed by atoms with E-state index in [1.54, 1.807) is 12.4 Å². The SMILES string of the molecule is NC1CCC(OCCNC(=O)Cc2cccnc2)CC1. The second kappa shape index (κ2) is 7.97. The molecule has 0 unspecified atom stereocenters. The fourth-order valence-electron chi connectivity index (χ4n) is 2.42. The van der Waals surface area contributed by atoms with Crippen LogP contribution in [0.3, 0.4) is 0 Å². The van der Waals surface area contributed by atoms with E-state index < -0.39 is 0 Å². The van der Waals surface area contributed by atoms with Gasteiger partial charge in [0.15, 0.2) is 0 Å². The summed E-state index contributed by atoms with van der Waals surface area (Å²) in [5, 5.41) is 2.86. The van der Waals surface area contributed by atoms with Gasteiger partial charge in [0.05, 0.1) is 19.1 Å². The van der Waals surface area contributed by atoms with Gasteiger partial charge in [0, 0.05) is 25.0 Å². The molecule has 0 aromatic carbocycles. The fourth-order valence-corrected chi connectivity index (χ4v) is 2.42. The van der Waals surface area contributed by atoms with Crippen molar-refractivity contribution >= 4 is 5.91 Å². The zero-order chi connectivity index (χ0) is 14.2. The van der Waals surface area contributed by atoms with Gasteiger partial charge < -0.3 is 15.8 Å². The first-order valence-corrected chi connectivity index (χ1v) is 7.27. The molecule has 0 bridgehead atoms. The molecule has 1 amide bonds. The number of hydrogen-bond donors (Lipinski definition) is 2. The third-order valence-electron chi connectivity index (χ3n) is 3.58. The maximum Gasteiger partial charge on any atom is 0.224 e. The van der Waals surface area contributed by atoms with Gasteiger partial charge >= 0.3 is 0 Å². The molecule has 1 aliphatic carbocycles. The number of nitrogens with one attached hydrogen (secondary N) is 1. The van der Waals surface area contributed by atoms with Gasteiger partial charge in [0.1, 0.15) is 0 Å². The lowest BCUT2D eigenvalue weighted by molar-refractivity contribution is -0.120. The highest BCUT2D eigenvalue weighted by Crippen LogP contribution is 2.19. The first-order chi connectivity index (χ1) is 9.74. The molecule has 1 fully saturated rings. The quantitative estimate of drug-likeness (QED) is 0.761. The molecule has 0 saturated heterocycles. The number of carbonyl (C=O) groups is 1. The number of pyridine rings is 1. The molecule has 5 heteroatoms. The Labute approximate surface area is 119 Å². The van der Waals surface area contributed by atoms with Crippen LogP contribution in [0.15, 0.2) is 24.5 Å². The predicted molar refractivity (Wildman–Crippen MR) is 77.1 cm³/mol. The van der Waals surface area contributed by atoms with Gasteiger partial charge in [-0.2, -0.15) is 0 Å². The van der Waals surface area contributed by atoms with Crippen LogP contribution in [0.2, 0.25) is 0 Å². The molecule has 0 radical (unpaired) electrons. The van der Waals surface area contributed by atoms with Crippen LogP contribution in [-0.2, 0) is 16.0 Å². The normalized spacial score (nSPS) is 22.4. The largest absolute Gasteiger partial charge is 0.376 e. The smallest absolute Gasteiger partial charge is 0.224 e. The van der Waals surface area contributed by atoms with Crippen molar-refractivity contribution in [1.82, 2.24) is 10.3 Å². The number of ether oxygens (including phenoxy) is 1. The van der Waals surface area contributed by atoms with E-state index in [2.05, 4.69) is 10.3 Å². The number of hydrogen-bond acceptors (Lipinski definition) is 4. The number of rotatable bonds is 6. The van der Waals surface area contributed by atoms with Gasteiger partial charge in [-0.15, -0.1) is 0 Å². The van der Waals surface area contributed by atoms with Crippen LogP contribution in [-0.4, -0.2) is 36.2 Å². The van der Waals surface area contributed by atoms with Gasteiger partial charge in [-0.25, -0.2) is 0 Å². The molecular weight excluding hydrogens is 254 g/mol. The molecule has 1 aromatic rings. The molecule has 110 valence electrons. The van der Waals surface area contributed by atoms with Crippen molar-refractivity contribution in [3.8, 4) is 0 Å². The van der Waals surface area contributed by atoms with E-state index in [-0.39, 0.29) is 5.91 Å². The zero-order valence-electron chi connectivity index (χ0n) is 11.8. The molecule has 1 saturated carbocycles. The second-order valence-electron chi connectivity index (χ2n) is 5.30. The molecular formula is C15H23N3O2. The molecule has 0 spiro atoms. The lowest BCUT2D eigenvalue weighted by Gasteiger charge is -2.26. The summed E-state index contributed by atoms with van der Waals surface area (Å²) in [5.74, 6) is 0.00673. The van der Waals surface area contributed by atoms with Crippen LogP contribution in [0.4, 0.5) is 0 Å². The Morgan fingerprint density at radius 3 is 2.90 bits per heavy atom. The summed E-state index contributed by atoms with van der Waals surface area (Å²) in [6.07, 6.45) is 8.23. The minimum Gasteiger partial charge on any atom is -0.376 e. The van der Waals surface area contributed by atoms with Gasteiger partial charge in [0.25, 0.3) is 0 Å². The van der Waals surface area contributed by atoms with Gasteiger partial charge in [-0.3, -0.25) is 9.78 Å². The Morgan fingerprint density at radius 2 is 2.20 bits per heavy atom. The van der Waals surface area contributed by atoms with Gasteiger partial charge in [0.2, 0.25) is 5.91 Å². The highest BCUT2D eigenvalue weighted by Gasteiger charge is 2.18. The van der Waals surface area contributed by atoms with Crippen LogP contribution >= 0.6 is 0 Å². The molecule has 20 heavy (non-hydrogen) atoms. The topological polar surface area (TPSA) is 77.2 Å². The van der Waals surface area contributed by atoms with Crippen molar-refractivity contribution in [2.75, 3.05) is 13.2 Å². The highest BCUT2D eigenvalue weighted by atomic mass is 16.5. The van der Waals surface area contributed by atoms with Crippen LogP contribution in [0.25, 0.3) is 0 Å². The van der Waals surface area contributed by atoms with E-state index >= 15 is 0 Å².